The summed E-state index contributed by atoms with van der Waals surface area (Å²) in [7, 11) is -4.12. The number of amides is 1. The zero-order valence-electron chi connectivity index (χ0n) is 15.4. The number of rotatable bonds is 5. The van der Waals surface area contributed by atoms with Gasteiger partial charge in [-0.2, -0.15) is 0 Å². The first-order chi connectivity index (χ1) is 14.3. The maximum Gasteiger partial charge on any atom is 0.328 e. The molecule has 30 heavy (non-hydrogen) atoms. The van der Waals surface area contributed by atoms with Crippen LogP contribution in [0.2, 0.25) is 0 Å². The lowest BCUT2D eigenvalue weighted by Crippen LogP contribution is -2.32. The second-order valence-corrected chi connectivity index (χ2v) is 8.06. The number of hydrogen-bond acceptors (Lipinski definition) is 7. The third-order valence-corrected chi connectivity index (χ3v) is 5.66. The van der Waals surface area contributed by atoms with Crippen LogP contribution in [0, 0.1) is 0 Å². The molecular weight excluding hydrogens is 408 g/mol. The summed E-state index contributed by atoms with van der Waals surface area (Å²) in [6.45, 7) is 0.180. The first kappa shape index (κ1) is 19.3. The Morgan fingerprint density at radius 1 is 1.03 bits per heavy atom. The third kappa shape index (κ3) is 3.65. The molecule has 0 atom stereocenters. The van der Waals surface area contributed by atoms with Crippen molar-refractivity contribution in [3.8, 4) is 0 Å². The molecule has 4 rings (SSSR count). The molecular formula is C19H16N6O4S. The average Bonchev–Trinajstić information content (AvgIpc) is 3.05. The number of nitrogens with two attached hydrogens (primary N) is 1. The Balaban J connectivity index is 1.72. The molecule has 2 aromatic carbocycles. The van der Waals surface area contributed by atoms with Gasteiger partial charge in [-0.05, 0) is 17.7 Å². The number of carbonyl (C=O) groups excluding carboxylic acids is 1. The van der Waals surface area contributed by atoms with Crippen LogP contribution in [0.4, 0.5) is 5.82 Å². The van der Waals surface area contributed by atoms with Gasteiger partial charge in [0.05, 0.1) is 11.4 Å². The average molecular weight is 424 g/mol. The van der Waals surface area contributed by atoms with Crippen molar-refractivity contribution in [2.24, 2.45) is 0 Å². The zero-order valence-corrected chi connectivity index (χ0v) is 16.3. The van der Waals surface area contributed by atoms with Crippen molar-refractivity contribution >= 4 is 32.9 Å². The van der Waals surface area contributed by atoms with Crippen molar-refractivity contribution in [1.82, 2.24) is 24.2 Å². The van der Waals surface area contributed by atoms with Gasteiger partial charge in [-0.15, -0.1) is 0 Å². The van der Waals surface area contributed by atoms with Gasteiger partial charge < -0.3 is 10.7 Å². The fraction of sp³-hybridized carbons (Fsp3) is 0.0526. The Hall–Kier alpha value is -3.99. The molecule has 0 spiro atoms. The van der Waals surface area contributed by atoms with E-state index < -0.39 is 27.4 Å². The fourth-order valence-corrected chi connectivity index (χ4v) is 3.86. The number of sulfonamides is 1. The molecule has 10 nitrogen and oxygen atoms in total. The van der Waals surface area contributed by atoms with Gasteiger partial charge in [0.1, 0.15) is 5.52 Å². The van der Waals surface area contributed by atoms with Gasteiger partial charge >= 0.3 is 11.6 Å². The van der Waals surface area contributed by atoms with Crippen molar-refractivity contribution in [1.29, 1.82) is 0 Å². The molecule has 2 aromatic heterocycles. The number of carbonyl (C=O) groups is 1. The van der Waals surface area contributed by atoms with E-state index in [2.05, 4.69) is 15.0 Å². The summed E-state index contributed by atoms with van der Waals surface area (Å²) in [5.74, 6) is -1.68. The highest BCUT2D eigenvalue weighted by Gasteiger charge is 2.23. The van der Waals surface area contributed by atoms with E-state index >= 15 is 0 Å². The molecule has 0 bridgehead atoms. The van der Waals surface area contributed by atoms with Gasteiger partial charge in [-0.1, -0.05) is 48.5 Å². The summed E-state index contributed by atoms with van der Waals surface area (Å²) in [5, 5.41) is 0. The largest absolute Gasteiger partial charge is 0.382 e. The van der Waals surface area contributed by atoms with E-state index in [0.717, 1.165) is 5.56 Å². The predicted molar refractivity (Wildman–Crippen MR) is 109 cm³/mol. The maximum atomic E-state index is 12.5. The number of aromatic nitrogens is 4. The number of hydrogen-bond donors (Lipinski definition) is 3. The molecule has 152 valence electrons. The third-order valence-electron chi connectivity index (χ3n) is 4.32. The van der Waals surface area contributed by atoms with E-state index in [1.54, 1.807) is 6.07 Å². The lowest BCUT2D eigenvalue weighted by atomic mass is 10.2. The minimum Gasteiger partial charge on any atom is -0.382 e. The van der Waals surface area contributed by atoms with Crippen LogP contribution in [0.3, 0.4) is 0 Å². The molecule has 0 fully saturated rings. The predicted octanol–water partition coefficient (Wildman–Crippen LogP) is 0.869. The summed E-state index contributed by atoms with van der Waals surface area (Å²) in [6.07, 6.45) is 0. The van der Waals surface area contributed by atoms with Crippen LogP contribution in [0.1, 0.15) is 16.2 Å². The van der Waals surface area contributed by atoms with E-state index in [-0.39, 0.29) is 28.4 Å². The smallest absolute Gasteiger partial charge is 0.328 e. The van der Waals surface area contributed by atoms with Crippen LogP contribution in [0.5, 0.6) is 0 Å². The molecule has 1 amide bonds. The Kier molecular flexibility index (Phi) is 4.80. The second-order valence-electron chi connectivity index (χ2n) is 6.38. The number of aromatic amines is 1. The Bertz CT molecular complexity index is 1400. The zero-order chi connectivity index (χ0) is 21.3. The van der Waals surface area contributed by atoms with Gasteiger partial charge in [0.25, 0.3) is 10.0 Å². The molecule has 0 saturated heterocycles. The first-order valence-electron chi connectivity index (χ1n) is 8.77. The van der Waals surface area contributed by atoms with Gasteiger partial charge in [-0.25, -0.2) is 27.9 Å². The monoisotopic (exact) mass is 424 g/mol. The number of H-pyrrole nitrogens is 1. The summed E-state index contributed by atoms with van der Waals surface area (Å²) >= 11 is 0. The van der Waals surface area contributed by atoms with Gasteiger partial charge in [-0.3, -0.25) is 9.36 Å². The van der Waals surface area contributed by atoms with Crippen LogP contribution in [-0.2, 0) is 16.6 Å². The van der Waals surface area contributed by atoms with Gasteiger partial charge in [0, 0.05) is 0 Å². The number of nitrogens with one attached hydrogen (secondary N) is 2. The van der Waals surface area contributed by atoms with Crippen molar-refractivity contribution in [3.05, 3.63) is 82.5 Å². The maximum absolute atomic E-state index is 12.5. The number of nitrogen functional groups attached to an aromatic ring is 1. The highest BCUT2D eigenvalue weighted by molar-refractivity contribution is 7.90. The quantitative estimate of drug-likeness (QED) is 0.430. The molecule has 0 saturated carbocycles. The molecule has 0 radical (unpaired) electrons. The van der Waals surface area contributed by atoms with Crippen molar-refractivity contribution in [2.75, 3.05) is 5.73 Å². The molecule has 0 unspecified atom stereocenters. The Morgan fingerprint density at radius 2 is 1.67 bits per heavy atom. The summed E-state index contributed by atoms with van der Waals surface area (Å²) in [6, 6.07) is 16.6. The van der Waals surface area contributed by atoms with Crippen LogP contribution in [0.25, 0.3) is 11.2 Å². The number of imidazole rings is 1. The van der Waals surface area contributed by atoms with E-state index in [9.17, 15) is 18.0 Å². The lowest BCUT2D eigenvalue weighted by molar-refractivity contribution is 0.0971. The van der Waals surface area contributed by atoms with E-state index in [1.807, 2.05) is 35.1 Å². The molecule has 11 heteroatoms. The number of nitrogens with zero attached hydrogens (tertiary/aromatic N) is 3. The molecule has 2 heterocycles. The van der Waals surface area contributed by atoms with Crippen LogP contribution < -0.4 is 16.1 Å². The first-order valence-corrected chi connectivity index (χ1v) is 10.3. The van der Waals surface area contributed by atoms with Crippen molar-refractivity contribution < 1.29 is 13.2 Å². The highest BCUT2D eigenvalue weighted by atomic mass is 32.2. The fourth-order valence-electron chi connectivity index (χ4n) is 2.89. The minimum atomic E-state index is -4.12. The molecule has 0 aliphatic rings. The summed E-state index contributed by atoms with van der Waals surface area (Å²) in [4.78, 5) is 35.3. The molecule has 0 aliphatic heterocycles. The standard InChI is InChI=1S/C19H16N6O4S/c20-15-14-17(25(19(27)21-14)11-12-7-3-1-4-8-12)23-16(22-15)18(26)24-30(28,29)13-9-5-2-6-10-13/h1-10H,11H2,(H,21,27)(H,24,26)(H2,20,22,23). The SMILES string of the molecule is Nc1nc(C(=O)NS(=O)(=O)c2ccccc2)nc2c1[nH]c(=O)n2Cc1ccccc1. The van der Waals surface area contributed by atoms with Gasteiger partial charge in [0.15, 0.2) is 11.5 Å². The molecule has 0 aliphatic carbocycles. The molecule has 4 aromatic rings. The van der Waals surface area contributed by atoms with Crippen LogP contribution in [0.15, 0.2) is 70.4 Å². The Morgan fingerprint density at radius 3 is 2.33 bits per heavy atom. The van der Waals surface area contributed by atoms with Crippen molar-refractivity contribution in [3.63, 3.8) is 0 Å². The highest BCUT2D eigenvalue weighted by Crippen LogP contribution is 2.16. The minimum absolute atomic E-state index is 0.0879. The number of fused-ring (bicyclic) bond motifs is 1. The van der Waals surface area contributed by atoms with Gasteiger partial charge in [0.2, 0.25) is 5.82 Å². The number of anilines is 1. The number of benzene rings is 2. The topological polar surface area (TPSA) is 153 Å². The molecule has 4 N–H and O–H groups in total. The van der Waals surface area contributed by atoms with Crippen molar-refractivity contribution in [2.45, 2.75) is 11.4 Å². The Labute approximate surface area is 170 Å². The van der Waals surface area contributed by atoms with E-state index in [0.29, 0.717) is 0 Å². The van der Waals surface area contributed by atoms with Crippen LogP contribution in [-0.4, -0.2) is 33.8 Å². The van der Waals surface area contributed by atoms with E-state index in [4.69, 9.17) is 5.73 Å². The summed E-state index contributed by atoms with van der Waals surface area (Å²) < 4.78 is 28.0. The lowest BCUT2D eigenvalue weighted by Gasteiger charge is -2.08. The normalized spacial score (nSPS) is 11.5. The van der Waals surface area contributed by atoms with E-state index in [1.165, 1.54) is 28.8 Å². The second kappa shape index (κ2) is 7.44. The van der Waals surface area contributed by atoms with Crippen LogP contribution >= 0.6 is 0 Å². The summed E-state index contributed by atoms with van der Waals surface area (Å²) in [5.41, 5.74) is 6.49.